The summed E-state index contributed by atoms with van der Waals surface area (Å²) in [6.45, 7) is 4.84. The van der Waals surface area contributed by atoms with Gasteiger partial charge in [0, 0.05) is 31.0 Å². The van der Waals surface area contributed by atoms with Gasteiger partial charge >= 0.3 is 0 Å². The Kier molecular flexibility index (Phi) is 8.61. The predicted octanol–water partition coefficient (Wildman–Crippen LogP) is 5.26. The van der Waals surface area contributed by atoms with E-state index in [1.807, 2.05) is 67.6 Å². The van der Waals surface area contributed by atoms with Crippen molar-refractivity contribution < 1.29 is 9.59 Å². The van der Waals surface area contributed by atoms with E-state index in [2.05, 4.69) is 17.6 Å². The monoisotopic (exact) mass is 432 g/mol. The number of carbonyl (C=O) groups excluding carboxylic acids is 2. The fourth-order valence-corrected chi connectivity index (χ4v) is 3.48. The molecule has 0 atom stereocenters. The second-order valence-electron chi connectivity index (χ2n) is 7.99. The lowest BCUT2D eigenvalue weighted by molar-refractivity contribution is -0.124. The van der Waals surface area contributed by atoms with Crippen LogP contribution in [0.3, 0.4) is 0 Å². The Hall–Kier alpha value is -3.41. The molecule has 0 aliphatic heterocycles. The Morgan fingerprint density at radius 1 is 0.906 bits per heavy atom. The molecule has 3 aromatic rings. The van der Waals surface area contributed by atoms with Crippen molar-refractivity contribution in [1.29, 1.82) is 0 Å². The average molecular weight is 433 g/mol. The van der Waals surface area contributed by atoms with E-state index in [1.54, 1.807) is 4.68 Å². The Morgan fingerprint density at radius 2 is 1.69 bits per heavy atom. The van der Waals surface area contributed by atoms with Gasteiger partial charge in [-0.1, -0.05) is 68.7 Å². The number of anilines is 1. The number of unbranched alkanes of at least 4 members (excludes halogenated alkanes) is 3. The van der Waals surface area contributed by atoms with E-state index in [4.69, 9.17) is 5.10 Å². The summed E-state index contributed by atoms with van der Waals surface area (Å²) in [5, 5.41) is 10.6. The summed E-state index contributed by atoms with van der Waals surface area (Å²) < 4.78 is 1.74. The van der Waals surface area contributed by atoms with Crippen LogP contribution in [0.5, 0.6) is 0 Å². The summed E-state index contributed by atoms with van der Waals surface area (Å²) in [6.07, 6.45) is 4.73. The Morgan fingerprint density at radius 3 is 2.44 bits per heavy atom. The zero-order chi connectivity index (χ0) is 22.8. The number of carbonyl (C=O) groups is 2. The summed E-state index contributed by atoms with van der Waals surface area (Å²) in [5.74, 6) is 0.285. The second kappa shape index (κ2) is 11.8. The van der Waals surface area contributed by atoms with Crippen LogP contribution in [0.15, 0.2) is 60.7 Å². The topological polar surface area (TPSA) is 76.0 Å². The molecule has 32 heavy (non-hydrogen) atoms. The first kappa shape index (κ1) is 23.3. The Balaban J connectivity index is 1.66. The fraction of sp³-hybridized carbons (Fsp3) is 0.346. The van der Waals surface area contributed by atoms with Crippen LogP contribution in [-0.2, 0) is 9.59 Å². The van der Waals surface area contributed by atoms with Crippen molar-refractivity contribution in [3.63, 3.8) is 0 Å². The lowest BCUT2D eigenvalue weighted by Gasteiger charge is -2.10. The lowest BCUT2D eigenvalue weighted by atomic mass is 10.1. The second-order valence-corrected chi connectivity index (χ2v) is 7.99. The van der Waals surface area contributed by atoms with E-state index in [1.165, 1.54) is 12.8 Å². The molecular weight excluding hydrogens is 400 g/mol. The molecule has 3 rings (SSSR count). The van der Waals surface area contributed by atoms with E-state index >= 15 is 0 Å². The number of hydrogen-bond donors (Lipinski definition) is 2. The highest BCUT2D eigenvalue weighted by molar-refractivity contribution is 5.93. The van der Waals surface area contributed by atoms with Crippen LogP contribution in [0.2, 0.25) is 0 Å². The van der Waals surface area contributed by atoms with Crippen LogP contribution >= 0.6 is 0 Å². The molecule has 0 spiro atoms. The van der Waals surface area contributed by atoms with Gasteiger partial charge in [0.2, 0.25) is 11.8 Å². The van der Waals surface area contributed by atoms with E-state index in [-0.39, 0.29) is 24.7 Å². The molecule has 0 unspecified atom stereocenters. The van der Waals surface area contributed by atoms with Crippen LogP contribution in [0, 0.1) is 6.92 Å². The predicted molar refractivity (Wildman–Crippen MR) is 129 cm³/mol. The molecular formula is C26H32N4O2. The minimum absolute atomic E-state index is 0.0891. The first-order valence-corrected chi connectivity index (χ1v) is 11.4. The minimum atomic E-state index is -0.209. The molecule has 0 bridgehead atoms. The van der Waals surface area contributed by atoms with E-state index < -0.39 is 0 Å². The van der Waals surface area contributed by atoms with Gasteiger partial charge in [-0.15, -0.1) is 0 Å². The van der Waals surface area contributed by atoms with Crippen molar-refractivity contribution in [3.8, 4) is 16.9 Å². The third-order valence-electron chi connectivity index (χ3n) is 5.22. The number of amides is 2. The summed E-state index contributed by atoms with van der Waals surface area (Å²) >= 11 is 0. The molecule has 2 amide bonds. The summed E-state index contributed by atoms with van der Waals surface area (Å²) in [5.41, 5.74) is 3.71. The normalized spacial score (nSPS) is 10.7. The third kappa shape index (κ3) is 6.80. The molecule has 1 aromatic heterocycles. The molecule has 0 fully saturated rings. The van der Waals surface area contributed by atoms with Crippen molar-refractivity contribution in [2.75, 3.05) is 11.9 Å². The van der Waals surface area contributed by atoms with Crippen LogP contribution < -0.4 is 10.6 Å². The number of aromatic nitrogens is 2. The zero-order valence-electron chi connectivity index (χ0n) is 18.9. The summed E-state index contributed by atoms with van der Waals surface area (Å²) in [7, 11) is 0. The third-order valence-corrected chi connectivity index (χ3v) is 5.22. The van der Waals surface area contributed by atoms with Crippen LogP contribution in [0.4, 0.5) is 5.82 Å². The number of rotatable bonds is 11. The van der Waals surface area contributed by atoms with Gasteiger partial charge in [0.25, 0.3) is 0 Å². The van der Waals surface area contributed by atoms with Gasteiger partial charge in [-0.25, -0.2) is 4.68 Å². The highest BCUT2D eigenvalue weighted by Crippen LogP contribution is 2.25. The summed E-state index contributed by atoms with van der Waals surface area (Å²) in [4.78, 5) is 24.6. The van der Waals surface area contributed by atoms with Crippen LogP contribution in [-0.4, -0.2) is 28.1 Å². The molecule has 2 N–H and O–H groups in total. The molecule has 1 heterocycles. The van der Waals surface area contributed by atoms with Gasteiger partial charge in [-0.2, -0.15) is 5.10 Å². The zero-order valence-corrected chi connectivity index (χ0v) is 18.9. The quantitative estimate of drug-likeness (QED) is 0.406. The number of benzene rings is 2. The maximum absolute atomic E-state index is 12.6. The van der Waals surface area contributed by atoms with E-state index in [0.29, 0.717) is 12.4 Å². The molecule has 2 aromatic carbocycles. The number of aryl methyl sites for hydroxylation is 1. The van der Waals surface area contributed by atoms with Gasteiger partial charge in [0.15, 0.2) is 0 Å². The van der Waals surface area contributed by atoms with Crippen LogP contribution in [0.1, 0.15) is 51.0 Å². The molecule has 6 nitrogen and oxygen atoms in total. The molecule has 168 valence electrons. The number of hydrogen-bond acceptors (Lipinski definition) is 3. The van der Waals surface area contributed by atoms with Gasteiger partial charge < -0.3 is 10.6 Å². The maximum Gasteiger partial charge on any atom is 0.226 e. The standard InChI is InChI=1S/C26H32N4O2/c1-3-4-5-9-17-27-25(31)15-16-26(32)28-24-19-23(21-12-7-6-8-13-21)29-30(24)22-14-10-11-20(2)18-22/h6-8,10-14,18-19H,3-5,9,15-17H2,1-2H3,(H,27,31)(H,28,32). The van der Waals surface area contributed by atoms with Crippen molar-refractivity contribution >= 4 is 17.6 Å². The average Bonchev–Trinajstić information content (AvgIpc) is 3.22. The van der Waals surface area contributed by atoms with Gasteiger partial charge in [-0.3, -0.25) is 9.59 Å². The first-order chi connectivity index (χ1) is 15.6. The Labute approximate surface area is 190 Å². The lowest BCUT2D eigenvalue weighted by Crippen LogP contribution is -2.26. The number of nitrogens with zero attached hydrogens (tertiary/aromatic N) is 2. The number of nitrogens with one attached hydrogen (secondary N) is 2. The van der Waals surface area contributed by atoms with Crippen molar-refractivity contribution in [2.24, 2.45) is 0 Å². The maximum atomic E-state index is 12.6. The minimum Gasteiger partial charge on any atom is -0.356 e. The molecule has 0 saturated carbocycles. The Bertz CT molecular complexity index is 1030. The largest absolute Gasteiger partial charge is 0.356 e. The SMILES string of the molecule is CCCCCCNC(=O)CCC(=O)Nc1cc(-c2ccccc2)nn1-c1cccc(C)c1. The van der Waals surface area contributed by atoms with E-state index in [9.17, 15) is 9.59 Å². The first-order valence-electron chi connectivity index (χ1n) is 11.4. The van der Waals surface area contributed by atoms with Crippen molar-refractivity contribution in [3.05, 3.63) is 66.2 Å². The summed E-state index contributed by atoms with van der Waals surface area (Å²) in [6, 6.07) is 19.7. The molecule has 0 radical (unpaired) electrons. The molecule has 6 heteroatoms. The van der Waals surface area contributed by atoms with Gasteiger partial charge in [-0.05, 0) is 31.0 Å². The highest BCUT2D eigenvalue weighted by atomic mass is 16.2. The molecule has 0 saturated heterocycles. The molecule has 0 aliphatic rings. The smallest absolute Gasteiger partial charge is 0.226 e. The van der Waals surface area contributed by atoms with Gasteiger partial charge in [0.1, 0.15) is 5.82 Å². The fourth-order valence-electron chi connectivity index (χ4n) is 3.48. The van der Waals surface area contributed by atoms with E-state index in [0.717, 1.165) is 35.3 Å². The van der Waals surface area contributed by atoms with Crippen molar-refractivity contribution in [2.45, 2.75) is 52.4 Å². The van der Waals surface area contributed by atoms with Crippen LogP contribution in [0.25, 0.3) is 16.9 Å². The van der Waals surface area contributed by atoms with Gasteiger partial charge in [0.05, 0.1) is 11.4 Å². The molecule has 0 aliphatic carbocycles. The highest BCUT2D eigenvalue weighted by Gasteiger charge is 2.15. The van der Waals surface area contributed by atoms with Crippen molar-refractivity contribution in [1.82, 2.24) is 15.1 Å².